The Kier molecular flexibility index (Phi) is 7.43. The maximum atomic E-state index is 12.7. The van der Waals surface area contributed by atoms with Gasteiger partial charge in [-0.05, 0) is 25.5 Å². The Labute approximate surface area is 187 Å². The lowest BCUT2D eigenvalue weighted by Crippen LogP contribution is -2.10. The average Bonchev–Trinajstić information content (AvgIpc) is 2.81. The third kappa shape index (κ3) is 4.29. The molecule has 7 heteroatoms. The highest BCUT2D eigenvalue weighted by Crippen LogP contribution is 2.49. The Bertz CT molecular complexity index is 1110. The zero-order valence-electron chi connectivity index (χ0n) is 19.2. The van der Waals surface area contributed by atoms with Crippen molar-refractivity contribution >= 4 is 16.7 Å². The van der Waals surface area contributed by atoms with Crippen LogP contribution in [0.5, 0.6) is 23.0 Å². The van der Waals surface area contributed by atoms with Crippen molar-refractivity contribution in [2.45, 2.75) is 20.5 Å². The minimum atomic E-state index is -0.522. The third-order valence-electron chi connectivity index (χ3n) is 5.25. The van der Waals surface area contributed by atoms with E-state index in [1.165, 1.54) is 14.2 Å². The molecule has 0 saturated heterocycles. The Morgan fingerprint density at radius 2 is 1.53 bits per heavy atom. The topological polar surface area (TPSA) is 72.5 Å². The van der Waals surface area contributed by atoms with E-state index < -0.39 is 5.97 Å². The van der Waals surface area contributed by atoms with Crippen LogP contribution in [0.1, 0.15) is 27.0 Å². The first-order chi connectivity index (χ1) is 15.5. The van der Waals surface area contributed by atoms with Gasteiger partial charge in [-0.15, -0.1) is 0 Å². The SMILES string of the molecule is COCOc1cc2c(OC)c(C)c(C(=O)OC)c(OC)c2c(OCc2ccccc2)c1C. The normalized spacial score (nSPS) is 10.7. The number of ether oxygens (including phenoxy) is 6. The van der Waals surface area contributed by atoms with Crippen LogP contribution in [0.15, 0.2) is 36.4 Å². The van der Waals surface area contributed by atoms with E-state index in [0.717, 1.165) is 11.1 Å². The van der Waals surface area contributed by atoms with Gasteiger partial charge in [0.1, 0.15) is 35.2 Å². The summed E-state index contributed by atoms with van der Waals surface area (Å²) in [5.74, 6) is 1.44. The van der Waals surface area contributed by atoms with Crippen LogP contribution in [0.25, 0.3) is 10.8 Å². The molecule has 7 nitrogen and oxygen atoms in total. The molecule has 0 heterocycles. The van der Waals surface area contributed by atoms with Gasteiger partial charge in [-0.25, -0.2) is 4.79 Å². The van der Waals surface area contributed by atoms with E-state index >= 15 is 0 Å². The van der Waals surface area contributed by atoms with Crippen molar-refractivity contribution in [2.24, 2.45) is 0 Å². The molecule has 0 aliphatic rings. The molecule has 32 heavy (non-hydrogen) atoms. The molecular formula is C25H28O7. The number of hydrogen-bond donors (Lipinski definition) is 0. The molecule has 0 spiro atoms. The monoisotopic (exact) mass is 440 g/mol. The van der Waals surface area contributed by atoms with Crippen molar-refractivity contribution in [1.82, 2.24) is 0 Å². The summed E-state index contributed by atoms with van der Waals surface area (Å²) in [6.45, 7) is 4.06. The first kappa shape index (κ1) is 23.2. The lowest BCUT2D eigenvalue weighted by atomic mass is 9.95. The van der Waals surface area contributed by atoms with E-state index in [-0.39, 0.29) is 12.4 Å². The Hall–Kier alpha value is -3.45. The zero-order chi connectivity index (χ0) is 23.3. The molecule has 0 aromatic heterocycles. The predicted molar refractivity (Wildman–Crippen MR) is 121 cm³/mol. The smallest absolute Gasteiger partial charge is 0.342 e. The van der Waals surface area contributed by atoms with Gasteiger partial charge in [0.25, 0.3) is 0 Å². The molecule has 0 bridgehead atoms. The van der Waals surface area contributed by atoms with E-state index in [2.05, 4.69) is 0 Å². The summed E-state index contributed by atoms with van der Waals surface area (Å²) in [5, 5.41) is 1.29. The minimum Gasteiger partial charge on any atom is -0.496 e. The number of carbonyl (C=O) groups is 1. The van der Waals surface area contributed by atoms with Crippen LogP contribution >= 0.6 is 0 Å². The molecule has 0 fully saturated rings. The maximum absolute atomic E-state index is 12.7. The Morgan fingerprint density at radius 3 is 2.12 bits per heavy atom. The number of benzene rings is 3. The molecule has 3 aromatic carbocycles. The second-order valence-corrected chi connectivity index (χ2v) is 7.13. The third-order valence-corrected chi connectivity index (χ3v) is 5.25. The number of methoxy groups -OCH3 is 4. The van der Waals surface area contributed by atoms with E-state index in [1.807, 2.05) is 43.3 Å². The van der Waals surface area contributed by atoms with Gasteiger partial charge in [0.15, 0.2) is 6.79 Å². The zero-order valence-corrected chi connectivity index (χ0v) is 19.2. The highest BCUT2D eigenvalue weighted by molar-refractivity contribution is 6.09. The van der Waals surface area contributed by atoms with Crippen molar-refractivity contribution < 1.29 is 33.2 Å². The molecule has 0 atom stereocenters. The highest BCUT2D eigenvalue weighted by Gasteiger charge is 2.28. The largest absolute Gasteiger partial charge is 0.496 e. The standard InChI is InChI=1S/C25H28O7/c1-15-19(32-14-27-3)12-18-21(23(15)31-13-17-10-8-7-9-11-17)24(29-5)20(25(26)30-6)16(2)22(18)28-4/h7-12H,13-14H2,1-6H3. The Morgan fingerprint density at radius 1 is 0.844 bits per heavy atom. The van der Waals surface area contributed by atoms with Gasteiger partial charge in [-0.1, -0.05) is 30.3 Å². The van der Waals surface area contributed by atoms with Crippen LogP contribution < -0.4 is 18.9 Å². The van der Waals surface area contributed by atoms with Crippen LogP contribution in [0, 0.1) is 13.8 Å². The first-order valence-corrected chi connectivity index (χ1v) is 10.1. The van der Waals surface area contributed by atoms with Gasteiger partial charge < -0.3 is 28.4 Å². The maximum Gasteiger partial charge on any atom is 0.342 e. The molecule has 0 amide bonds. The van der Waals surface area contributed by atoms with Crippen molar-refractivity contribution in [2.75, 3.05) is 35.2 Å². The van der Waals surface area contributed by atoms with Gasteiger partial charge >= 0.3 is 5.97 Å². The molecule has 0 aliphatic heterocycles. The second kappa shape index (κ2) is 10.2. The average molecular weight is 440 g/mol. The molecule has 3 aromatic rings. The summed E-state index contributed by atoms with van der Waals surface area (Å²) in [5.41, 5.74) is 2.62. The van der Waals surface area contributed by atoms with Crippen LogP contribution in [0.4, 0.5) is 0 Å². The molecule has 0 aliphatic carbocycles. The second-order valence-electron chi connectivity index (χ2n) is 7.13. The van der Waals surface area contributed by atoms with E-state index in [4.69, 9.17) is 28.4 Å². The summed E-state index contributed by atoms with van der Waals surface area (Å²) in [7, 11) is 5.95. The summed E-state index contributed by atoms with van der Waals surface area (Å²) in [6.07, 6.45) is 0. The van der Waals surface area contributed by atoms with Crippen LogP contribution in [-0.4, -0.2) is 41.2 Å². The molecule has 0 saturated carbocycles. The summed E-state index contributed by atoms with van der Waals surface area (Å²) >= 11 is 0. The van der Waals surface area contributed by atoms with Gasteiger partial charge in [-0.3, -0.25) is 0 Å². The highest BCUT2D eigenvalue weighted by atomic mass is 16.7. The molecule has 0 N–H and O–H groups in total. The molecular weight excluding hydrogens is 412 g/mol. The summed E-state index contributed by atoms with van der Waals surface area (Å²) in [6, 6.07) is 11.6. The number of esters is 1. The summed E-state index contributed by atoms with van der Waals surface area (Å²) < 4.78 is 33.7. The number of hydrogen-bond acceptors (Lipinski definition) is 7. The number of fused-ring (bicyclic) bond motifs is 1. The van der Waals surface area contributed by atoms with Gasteiger partial charge in [0.2, 0.25) is 0 Å². The fourth-order valence-electron chi connectivity index (χ4n) is 3.75. The molecule has 170 valence electrons. The minimum absolute atomic E-state index is 0.0726. The van der Waals surface area contributed by atoms with Crippen molar-refractivity contribution in [1.29, 1.82) is 0 Å². The number of carbonyl (C=O) groups excluding carboxylic acids is 1. The lowest BCUT2D eigenvalue weighted by Gasteiger charge is -2.22. The van der Waals surface area contributed by atoms with Crippen LogP contribution in [-0.2, 0) is 16.1 Å². The lowest BCUT2D eigenvalue weighted by molar-refractivity contribution is 0.0505. The van der Waals surface area contributed by atoms with Crippen molar-refractivity contribution in [3.8, 4) is 23.0 Å². The number of rotatable bonds is 9. The fourth-order valence-corrected chi connectivity index (χ4v) is 3.75. The van der Waals surface area contributed by atoms with Crippen molar-refractivity contribution in [3.05, 3.63) is 58.7 Å². The van der Waals surface area contributed by atoms with E-state index in [0.29, 0.717) is 45.9 Å². The Balaban J connectivity index is 2.35. The van der Waals surface area contributed by atoms with E-state index in [1.54, 1.807) is 21.1 Å². The van der Waals surface area contributed by atoms with Crippen LogP contribution in [0.3, 0.4) is 0 Å². The first-order valence-electron chi connectivity index (χ1n) is 10.1. The van der Waals surface area contributed by atoms with Gasteiger partial charge in [0, 0.05) is 23.6 Å². The summed E-state index contributed by atoms with van der Waals surface area (Å²) in [4.78, 5) is 12.7. The fraction of sp³-hybridized carbons (Fsp3) is 0.320. The quantitative estimate of drug-likeness (QED) is 0.349. The van der Waals surface area contributed by atoms with Gasteiger partial charge in [-0.2, -0.15) is 0 Å². The molecule has 0 unspecified atom stereocenters. The molecule has 3 rings (SSSR count). The van der Waals surface area contributed by atoms with E-state index in [9.17, 15) is 4.79 Å². The predicted octanol–water partition coefficient (Wildman–Crippen LogP) is 4.82. The van der Waals surface area contributed by atoms with Crippen LogP contribution in [0.2, 0.25) is 0 Å². The molecule has 0 radical (unpaired) electrons. The van der Waals surface area contributed by atoms with Gasteiger partial charge in [0.05, 0.1) is 26.7 Å². The van der Waals surface area contributed by atoms with Crippen molar-refractivity contribution in [3.63, 3.8) is 0 Å².